The van der Waals surface area contributed by atoms with E-state index in [2.05, 4.69) is 30.6 Å². The Morgan fingerprint density at radius 2 is 1.79 bits per heavy atom. The summed E-state index contributed by atoms with van der Waals surface area (Å²) >= 11 is 0. The van der Waals surface area contributed by atoms with Crippen molar-refractivity contribution in [1.29, 1.82) is 0 Å². The van der Waals surface area contributed by atoms with Crippen molar-refractivity contribution in [3.05, 3.63) is 47.7 Å². The smallest absolute Gasteiger partial charge is 0.407 e. The van der Waals surface area contributed by atoms with E-state index in [0.717, 1.165) is 25.4 Å². The Morgan fingerprint density at radius 3 is 2.38 bits per heavy atom. The number of alkyl carbamates (subject to hydrolysis) is 1. The Balaban J connectivity index is 1.81. The molecule has 0 aliphatic rings. The lowest BCUT2D eigenvalue weighted by Crippen LogP contribution is -2.44. The number of tetrazole rings is 1. The van der Waals surface area contributed by atoms with Gasteiger partial charge < -0.3 is 29.4 Å². The Morgan fingerprint density at radius 1 is 1.07 bits per heavy atom. The van der Waals surface area contributed by atoms with Crippen LogP contribution in [0, 0.1) is 11.6 Å². The average molecular weight is 593 g/mol. The number of halogens is 2. The minimum atomic E-state index is -1.26. The fourth-order valence-electron chi connectivity index (χ4n) is 3.66. The molecule has 228 valence electrons. The molecule has 0 saturated carbocycles. The first-order valence-corrected chi connectivity index (χ1v) is 12.9. The maximum absolute atomic E-state index is 15.2. The molecule has 0 bridgehead atoms. The van der Waals surface area contributed by atoms with E-state index in [4.69, 9.17) is 14.2 Å². The zero-order valence-electron chi connectivity index (χ0n) is 24.3. The summed E-state index contributed by atoms with van der Waals surface area (Å²) in [5, 5.41) is 24.6. The molecule has 0 spiro atoms. The van der Waals surface area contributed by atoms with Crippen LogP contribution in [-0.2, 0) is 20.8 Å². The molecule has 3 rings (SSSR count). The minimum absolute atomic E-state index is 0.00741. The third kappa shape index (κ3) is 9.41. The molecule has 0 aliphatic heterocycles. The number of methoxy groups -OCH3 is 1. The number of aromatic nitrogens is 5. The van der Waals surface area contributed by atoms with Crippen LogP contribution in [0.4, 0.5) is 13.6 Å². The second kappa shape index (κ2) is 13.2. The lowest BCUT2D eigenvalue weighted by atomic mass is 10.1. The normalized spacial score (nSPS) is 13.3. The van der Waals surface area contributed by atoms with Gasteiger partial charge in [0, 0.05) is 18.7 Å². The van der Waals surface area contributed by atoms with Gasteiger partial charge in [0.1, 0.15) is 17.2 Å². The van der Waals surface area contributed by atoms with Crippen LogP contribution in [0.15, 0.2) is 30.5 Å². The summed E-state index contributed by atoms with van der Waals surface area (Å²) in [4.78, 5) is 27.8. The summed E-state index contributed by atoms with van der Waals surface area (Å²) in [5.41, 5.74) is -1.58. The first-order chi connectivity index (χ1) is 19.5. The molecule has 15 heteroatoms. The number of nitrogens with zero attached hydrogens (tertiary/aromatic N) is 5. The zero-order valence-corrected chi connectivity index (χ0v) is 24.3. The van der Waals surface area contributed by atoms with Gasteiger partial charge in [-0.3, -0.25) is 0 Å². The van der Waals surface area contributed by atoms with Crippen molar-refractivity contribution in [2.75, 3.05) is 7.11 Å². The van der Waals surface area contributed by atoms with Crippen LogP contribution in [0.3, 0.4) is 0 Å². The quantitative estimate of drug-likeness (QED) is 0.259. The molecular weight excluding hydrogens is 558 g/mol. The van der Waals surface area contributed by atoms with E-state index in [1.54, 1.807) is 41.5 Å². The van der Waals surface area contributed by atoms with Crippen LogP contribution in [0.25, 0.3) is 11.4 Å². The molecule has 13 nitrogen and oxygen atoms in total. The number of amides is 1. The first-order valence-electron chi connectivity index (χ1n) is 12.9. The van der Waals surface area contributed by atoms with Crippen molar-refractivity contribution in [1.82, 2.24) is 30.5 Å². The number of esters is 1. The standard InChI is InChI=1S/C27H34F2N6O7/c1-26(2,3)41-21(36)11-16(31-25(38)42-27(4,5)6)14-35-22(32-33-34-35)18-9-8-17(12-19(18)28)40-23-20(29)10-15(13-30-23)24(37)39-7/h8-10,12-13,16,21,36H,11,14H2,1-7H3,(H,31,38)/t16-,21-/m0/s1. The molecule has 0 saturated heterocycles. The number of hydrogen-bond donors (Lipinski definition) is 2. The van der Waals surface area contributed by atoms with Gasteiger partial charge in [-0.1, -0.05) is 0 Å². The van der Waals surface area contributed by atoms with E-state index >= 15 is 4.39 Å². The summed E-state index contributed by atoms with van der Waals surface area (Å²) in [5.74, 6) is -3.09. The molecule has 0 unspecified atom stereocenters. The molecule has 0 radical (unpaired) electrons. The molecular formula is C27H34F2N6O7. The van der Waals surface area contributed by atoms with Crippen LogP contribution in [0.5, 0.6) is 11.6 Å². The predicted octanol–water partition coefficient (Wildman–Crippen LogP) is 4.01. The van der Waals surface area contributed by atoms with E-state index in [9.17, 15) is 19.1 Å². The Kier molecular flexibility index (Phi) is 10.1. The van der Waals surface area contributed by atoms with Gasteiger partial charge in [0.05, 0.1) is 36.4 Å². The minimum Gasteiger partial charge on any atom is -0.465 e. The molecule has 42 heavy (non-hydrogen) atoms. The molecule has 1 aromatic carbocycles. The summed E-state index contributed by atoms with van der Waals surface area (Å²) in [7, 11) is 1.15. The topological polar surface area (TPSA) is 160 Å². The van der Waals surface area contributed by atoms with Crippen LogP contribution >= 0.6 is 0 Å². The van der Waals surface area contributed by atoms with Gasteiger partial charge in [0.25, 0.3) is 5.88 Å². The second-order valence-electron chi connectivity index (χ2n) is 11.2. The highest BCUT2D eigenvalue weighted by molar-refractivity contribution is 5.89. The van der Waals surface area contributed by atoms with Gasteiger partial charge in [0.2, 0.25) is 0 Å². The molecule has 0 fully saturated rings. The number of benzene rings is 1. The SMILES string of the molecule is COC(=O)c1cnc(Oc2ccc(-c3nnnn3C[C@H](C[C@@H](O)OC(C)(C)C)NC(=O)OC(C)(C)C)c(F)c2)c(F)c1. The summed E-state index contributed by atoms with van der Waals surface area (Å²) < 4.78 is 51.6. The number of hydrogen-bond acceptors (Lipinski definition) is 11. The van der Waals surface area contributed by atoms with Crippen LogP contribution < -0.4 is 10.1 Å². The highest BCUT2D eigenvalue weighted by Gasteiger charge is 2.26. The summed E-state index contributed by atoms with van der Waals surface area (Å²) in [6.45, 7) is 10.3. The fraction of sp³-hybridized carbons (Fsp3) is 0.481. The van der Waals surface area contributed by atoms with Crippen LogP contribution in [0.1, 0.15) is 58.3 Å². The van der Waals surface area contributed by atoms with Crippen LogP contribution in [-0.4, -0.2) is 73.0 Å². The first kappa shape index (κ1) is 32.3. The third-order valence-corrected chi connectivity index (χ3v) is 5.25. The Labute approximate surface area is 241 Å². The van der Waals surface area contributed by atoms with Gasteiger partial charge in [-0.25, -0.2) is 28.0 Å². The van der Waals surface area contributed by atoms with E-state index in [1.165, 1.54) is 16.8 Å². The number of aliphatic hydroxyl groups excluding tert-OH is 1. The van der Waals surface area contributed by atoms with Crippen molar-refractivity contribution < 1.29 is 42.4 Å². The van der Waals surface area contributed by atoms with E-state index in [1.807, 2.05) is 0 Å². The van der Waals surface area contributed by atoms with Crippen molar-refractivity contribution >= 4 is 12.1 Å². The van der Waals surface area contributed by atoms with Gasteiger partial charge in [0.15, 0.2) is 17.9 Å². The highest BCUT2D eigenvalue weighted by Crippen LogP contribution is 2.28. The highest BCUT2D eigenvalue weighted by atomic mass is 19.1. The maximum atomic E-state index is 15.2. The molecule has 0 aliphatic carbocycles. The molecule has 2 atom stereocenters. The van der Waals surface area contributed by atoms with Gasteiger partial charge >= 0.3 is 12.1 Å². The summed E-state index contributed by atoms with van der Waals surface area (Å²) in [6.07, 6.45) is -0.987. The van der Waals surface area contributed by atoms with E-state index in [0.29, 0.717) is 0 Å². The monoisotopic (exact) mass is 592 g/mol. The van der Waals surface area contributed by atoms with Gasteiger partial charge in [-0.05, 0) is 70.2 Å². The molecule has 3 aromatic rings. The molecule has 2 heterocycles. The molecule has 2 N–H and O–H groups in total. The van der Waals surface area contributed by atoms with Gasteiger partial charge in [-0.15, -0.1) is 5.10 Å². The number of carbonyl (C=O) groups is 2. The average Bonchev–Trinajstić information content (AvgIpc) is 3.30. The lowest BCUT2D eigenvalue weighted by molar-refractivity contribution is -0.171. The largest absolute Gasteiger partial charge is 0.465 e. The van der Waals surface area contributed by atoms with Crippen molar-refractivity contribution in [3.63, 3.8) is 0 Å². The number of rotatable bonds is 10. The van der Waals surface area contributed by atoms with E-state index < -0.39 is 53.1 Å². The number of carbonyl (C=O) groups excluding carboxylic acids is 2. The Hall–Kier alpha value is -4.24. The molecule has 1 amide bonds. The van der Waals surface area contributed by atoms with Crippen molar-refractivity contribution in [2.45, 2.75) is 78.0 Å². The summed E-state index contributed by atoms with van der Waals surface area (Å²) in [6, 6.07) is 3.76. The third-order valence-electron chi connectivity index (χ3n) is 5.25. The van der Waals surface area contributed by atoms with Crippen molar-refractivity contribution in [2.24, 2.45) is 0 Å². The predicted molar refractivity (Wildman–Crippen MR) is 143 cm³/mol. The number of aliphatic hydroxyl groups is 1. The number of nitrogens with one attached hydrogen (secondary N) is 1. The second-order valence-corrected chi connectivity index (χ2v) is 11.2. The number of pyridine rings is 1. The molecule has 2 aromatic heterocycles. The van der Waals surface area contributed by atoms with Gasteiger partial charge in [-0.2, -0.15) is 0 Å². The van der Waals surface area contributed by atoms with Crippen molar-refractivity contribution in [3.8, 4) is 23.0 Å². The fourth-order valence-corrected chi connectivity index (χ4v) is 3.66. The Bertz CT molecular complexity index is 1400. The maximum Gasteiger partial charge on any atom is 0.407 e. The van der Waals surface area contributed by atoms with E-state index in [-0.39, 0.29) is 35.7 Å². The number of ether oxygens (including phenoxy) is 4. The zero-order chi connectivity index (χ0) is 31.2. The lowest BCUT2D eigenvalue weighted by Gasteiger charge is -2.28. The van der Waals surface area contributed by atoms with Crippen LogP contribution in [0.2, 0.25) is 0 Å².